The topological polar surface area (TPSA) is 29.3 Å². The summed E-state index contributed by atoms with van der Waals surface area (Å²) < 4.78 is 0. The first-order chi connectivity index (χ1) is 8.58. The Bertz CT molecular complexity index is 396. The monoisotopic (exact) mass is 266 g/mol. The van der Waals surface area contributed by atoms with Crippen LogP contribution in [-0.2, 0) is 0 Å². The van der Waals surface area contributed by atoms with Gasteiger partial charge in [0.2, 0.25) is 0 Å². The first-order valence-corrected chi connectivity index (χ1v) is 7.10. The van der Waals surface area contributed by atoms with Gasteiger partial charge in [-0.2, -0.15) is 0 Å². The number of hydrogen-bond donors (Lipinski definition) is 1. The number of nitrogens with zero attached hydrogens (tertiary/aromatic N) is 1. The summed E-state index contributed by atoms with van der Waals surface area (Å²) in [6.45, 7) is 4.08. The molecule has 18 heavy (non-hydrogen) atoms. The first kappa shape index (κ1) is 13.9. The maximum absolute atomic E-state index is 6.26. The number of hydrogen-bond acceptors (Lipinski definition) is 2. The van der Waals surface area contributed by atoms with E-state index in [1.165, 1.54) is 24.8 Å². The van der Waals surface area contributed by atoms with Crippen LogP contribution in [0.25, 0.3) is 0 Å². The van der Waals surface area contributed by atoms with Crippen LogP contribution in [0, 0.1) is 5.41 Å². The van der Waals surface area contributed by atoms with Crippen LogP contribution in [0.5, 0.6) is 0 Å². The molecule has 0 saturated heterocycles. The molecule has 1 aromatic carbocycles. The van der Waals surface area contributed by atoms with Gasteiger partial charge >= 0.3 is 0 Å². The maximum atomic E-state index is 6.26. The van der Waals surface area contributed by atoms with E-state index in [9.17, 15) is 0 Å². The number of halogens is 1. The molecule has 1 fully saturated rings. The fourth-order valence-electron chi connectivity index (χ4n) is 2.82. The van der Waals surface area contributed by atoms with Crippen LogP contribution in [0.2, 0.25) is 5.02 Å². The highest BCUT2D eigenvalue weighted by Crippen LogP contribution is 2.41. The summed E-state index contributed by atoms with van der Waals surface area (Å²) in [5, 5.41) is 0.854. The zero-order valence-corrected chi connectivity index (χ0v) is 12.1. The fraction of sp³-hybridized carbons (Fsp3) is 0.600. The molecule has 1 aliphatic carbocycles. The molecule has 1 aliphatic rings. The van der Waals surface area contributed by atoms with Crippen molar-refractivity contribution in [2.75, 3.05) is 20.1 Å². The molecule has 0 aliphatic heterocycles. The summed E-state index contributed by atoms with van der Waals surface area (Å²) in [5.74, 6) is 0. The number of rotatable bonds is 5. The fourth-order valence-corrected chi connectivity index (χ4v) is 3.11. The van der Waals surface area contributed by atoms with Crippen molar-refractivity contribution in [1.29, 1.82) is 0 Å². The molecule has 3 heteroatoms. The molecule has 2 N–H and O–H groups in total. The van der Waals surface area contributed by atoms with Crippen LogP contribution in [0.4, 0.5) is 0 Å². The van der Waals surface area contributed by atoms with Crippen LogP contribution in [-0.4, -0.2) is 25.0 Å². The van der Waals surface area contributed by atoms with Gasteiger partial charge in [0.15, 0.2) is 0 Å². The summed E-state index contributed by atoms with van der Waals surface area (Å²) in [6.07, 6.45) is 3.86. The minimum atomic E-state index is 0.336. The predicted molar refractivity (Wildman–Crippen MR) is 77.8 cm³/mol. The largest absolute Gasteiger partial charge is 0.330 e. The molecule has 0 amide bonds. The Morgan fingerprint density at radius 3 is 2.56 bits per heavy atom. The van der Waals surface area contributed by atoms with Crippen molar-refractivity contribution in [2.24, 2.45) is 11.1 Å². The Morgan fingerprint density at radius 1 is 1.39 bits per heavy atom. The van der Waals surface area contributed by atoms with Gasteiger partial charge in [-0.1, -0.05) is 36.2 Å². The molecule has 0 heterocycles. The van der Waals surface area contributed by atoms with E-state index in [0.717, 1.165) is 18.1 Å². The zero-order chi connectivity index (χ0) is 13.2. The minimum absolute atomic E-state index is 0.336. The molecule has 2 rings (SSSR count). The third kappa shape index (κ3) is 2.71. The van der Waals surface area contributed by atoms with E-state index in [-0.39, 0.29) is 0 Å². The van der Waals surface area contributed by atoms with Crippen molar-refractivity contribution in [1.82, 2.24) is 4.90 Å². The predicted octanol–water partition coefficient (Wildman–Crippen LogP) is 3.46. The van der Waals surface area contributed by atoms with Crippen LogP contribution < -0.4 is 5.73 Å². The summed E-state index contributed by atoms with van der Waals surface area (Å²) in [4.78, 5) is 2.38. The summed E-state index contributed by atoms with van der Waals surface area (Å²) in [7, 11) is 2.17. The van der Waals surface area contributed by atoms with Gasteiger partial charge in [-0.05, 0) is 50.4 Å². The van der Waals surface area contributed by atoms with Crippen molar-refractivity contribution < 1.29 is 0 Å². The van der Waals surface area contributed by atoms with Crippen LogP contribution in [0.3, 0.4) is 0 Å². The third-order valence-corrected chi connectivity index (χ3v) is 4.79. The number of benzene rings is 1. The van der Waals surface area contributed by atoms with Crippen molar-refractivity contribution in [3.05, 3.63) is 34.9 Å². The lowest BCUT2D eigenvalue weighted by Crippen LogP contribution is -2.46. The SMILES string of the molecule is CC(c1ccccc1Cl)N(C)CC1(CN)CCC1. The highest BCUT2D eigenvalue weighted by Gasteiger charge is 2.37. The van der Waals surface area contributed by atoms with E-state index < -0.39 is 0 Å². The molecule has 0 bridgehead atoms. The van der Waals surface area contributed by atoms with Gasteiger partial charge in [-0.25, -0.2) is 0 Å². The van der Waals surface area contributed by atoms with Crippen molar-refractivity contribution in [2.45, 2.75) is 32.2 Å². The molecule has 1 unspecified atom stereocenters. The summed E-state index contributed by atoms with van der Waals surface area (Å²) >= 11 is 6.26. The molecule has 0 spiro atoms. The zero-order valence-electron chi connectivity index (χ0n) is 11.3. The highest BCUT2D eigenvalue weighted by atomic mass is 35.5. The Morgan fingerprint density at radius 2 is 2.06 bits per heavy atom. The quantitative estimate of drug-likeness (QED) is 0.884. The molecule has 0 aromatic heterocycles. The standard InChI is InChI=1S/C15H23ClN2/c1-12(13-6-3-4-7-14(13)16)18(2)11-15(10-17)8-5-9-15/h3-4,6-7,12H,5,8-11,17H2,1-2H3. The minimum Gasteiger partial charge on any atom is -0.330 e. The van der Waals surface area contributed by atoms with E-state index in [1.807, 2.05) is 18.2 Å². The Labute approximate surface area is 115 Å². The lowest BCUT2D eigenvalue weighted by atomic mass is 9.68. The van der Waals surface area contributed by atoms with E-state index in [0.29, 0.717) is 11.5 Å². The molecule has 0 radical (unpaired) electrons. The van der Waals surface area contributed by atoms with E-state index >= 15 is 0 Å². The van der Waals surface area contributed by atoms with Gasteiger partial charge in [-0.3, -0.25) is 4.90 Å². The van der Waals surface area contributed by atoms with Crippen LogP contribution in [0.1, 0.15) is 37.8 Å². The van der Waals surface area contributed by atoms with Crippen molar-refractivity contribution >= 4 is 11.6 Å². The summed E-state index contributed by atoms with van der Waals surface area (Å²) in [6, 6.07) is 8.44. The molecular weight excluding hydrogens is 244 g/mol. The highest BCUT2D eigenvalue weighted by molar-refractivity contribution is 6.31. The molecular formula is C15H23ClN2. The second-order valence-electron chi connectivity index (χ2n) is 5.67. The van der Waals surface area contributed by atoms with Crippen molar-refractivity contribution in [3.63, 3.8) is 0 Å². The molecule has 1 atom stereocenters. The van der Waals surface area contributed by atoms with E-state index in [4.69, 9.17) is 17.3 Å². The second-order valence-corrected chi connectivity index (χ2v) is 6.08. The van der Waals surface area contributed by atoms with Gasteiger partial charge in [0.05, 0.1) is 0 Å². The molecule has 2 nitrogen and oxygen atoms in total. The van der Waals surface area contributed by atoms with E-state index in [2.05, 4.69) is 24.9 Å². The molecule has 100 valence electrons. The van der Waals surface area contributed by atoms with Gasteiger partial charge < -0.3 is 5.73 Å². The average molecular weight is 267 g/mol. The lowest BCUT2D eigenvalue weighted by Gasteiger charge is -2.45. The van der Waals surface area contributed by atoms with Gasteiger partial charge in [0.1, 0.15) is 0 Å². The van der Waals surface area contributed by atoms with Crippen LogP contribution in [0.15, 0.2) is 24.3 Å². The lowest BCUT2D eigenvalue weighted by molar-refractivity contribution is 0.0704. The smallest absolute Gasteiger partial charge is 0.0453 e. The second kappa shape index (κ2) is 5.60. The van der Waals surface area contributed by atoms with Gasteiger partial charge in [0.25, 0.3) is 0 Å². The maximum Gasteiger partial charge on any atom is 0.0453 e. The third-order valence-electron chi connectivity index (χ3n) is 4.45. The van der Waals surface area contributed by atoms with Crippen molar-refractivity contribution in [3.8, 4) is 0 Å². The molecule has 1 aromatic rings. The van der Waals surface area contributed by atoms with Gasteiger partial charge in [0, 0.05) is 17.6 Å². The number of nitrogens with two attached hydrogens (primary N) is 1. The van der Waals surface area contributed by atoms with Gasteiger partial charge in [-0.15, -0.1) is 0 Å². The first-order valence-electron chi connectivity index (χ1n) is 6.73. The normalized spacial score (nSPS) is 19.6. The average Bonchev–Trinajstić information content (AvgIpc) is 2.33. The Balaban J connectivity index is 2.05. The Hall–Kier alpha value is -0.570. The van der Waals surface area contributed by atoms with E-state index in [1.54, 1.807) is 0 Å². The Kier molecular flexibility index (Phi) is 4.31. The van der Waals surface area contributed by atoms with Crippen LogP contribution >= 0.6 is 11.6 Å². The summed E-state index contributed by atoms with van der Waals surface area (Å²) in [5.41, 5.74) is 7.49. The molecule has 1 saturated carbocycles.